The van der Waals surface area contributed by atoms with Gasteiger partial charge in [-0.1, -0.05) is 31.1 Å². The summed E-state index contributed by atoms with van der Waals surface area (Å²) in [5.41, 5.74) is 0. The van der Waals surface area contributed by atoms with Crippen LogP contribution in [0.1, 0.15) is 26.2 Å². The Balaban J connectivity index is 3.07. The molecule has 0 N–H and O–H groups in total. The lowest BCUT2D eigenvalue weighted by atomic mass is 10.3. The number of unbranched alkanes of at least 4 members (excludes halogenated alkanes) is 2. The van der Waals surface area contributed by atoms with Crippen molar-refractivity contribution in [3.05, 3.63) is 0 Å². The molecular weight excluding hydrogens is 179 g/mol. The maximum absolute atomic E-state index is 5.45. The molecule has 0 spiro atoms. The van der Waals surface area contributed by atoms with Gasteiger partial charge in [-0.3, -0.25) is 0 Å². The van der Waals surface area contributed by atoms with E-state index >= 15 is 0 Å². The molecule has 0 aliphatic carbocycles. The Morgan fingerprint density at radius 1 is 1.36 bits per heavy atom. The predicted octanol–water partition coefficient (Wildman–Crippen LogP) is 3.43. The molecule has 0 aromatic heterocycles. The summed E-state index contributed by atoms with van der Waals surface area (Å²) in [5.74, 6) is 0. The van der Waals surface area contributed by atoms with Crippen LogP contribution >= 0.6 is 19.0 Å². The molecule has 0 aromatic carbocycles. The van der Waals surface area contributed by atoms with Crippen molar-refractivity contribution in [1.29, 1.82) is 0 Å². The van der Waals surface area contributed by atoms with E-state index in [0.29, 0.717) is 0 Å². The van der Waals surface area contributed by atoms with Gasteiger partial charge in [0.05, 0.1) is 6.61 Å². The van der Waals surface area contributed by atoms with Gasteiger partial charge in [-0.05, 0) is 12.7 Å². The minimum atomic E-state index is -0.656. The molecule has 4 heteroatoms. The monoisotopic (exact) mass is 196 g/mol. The quantitative estimate of drug-likeness (QED) is 0.459. The van der Waals surface area contributed by atoms with Gasteiger partial charge >= 0.3 is 0 Å². The van der Waals surface area contributed by atoms with E-state index in [1.807, 2.05) is 6.26 Å². The predicted molar refractivity (Wildman–Crippen MR) is 52.9 cm³/mol. The highest BCUT2D eigenvalue weighted by Gasteiger charge is 2.04. The molecule has 0 amide bonds. The van der Waals surface area contributed by atoms with Gasteiger partial charge in [-0.15, -0.1) is 0 Å². The largest absolute Gasteiger partial charge is 0.329 e. The summed E-state index contributed by atoms with van der Waals surface area (Å²) in [6.07, 6.45) is 5.66. The van der Waals surface area contributed by atoms with E-state index in [1.165, 1.54) is 12.8 Å². The van der Waals surface area contributed by atoms with Crippen molar-refractivity contribution in [2.45, 2.75) is 26.2 Å². The van der Waals surface area contributed by atoms with Gasteiger partial charge in [-0.2, -0.15) is 0 Å². The Morgan fingerprint density at radius 3 is 2.55 bits per heavy atom. The van der Waals surface area contributed by atoms with Gasteiger partial charge in [0, 0.05) is 7.11 Å². The van der Waals surface area contributed by atoms with Crippen LogP contribution in [0.4, 0.5) is 0 Å². The molecule has 0 aromatic rings. The lowest BCUT2D eigenvalue weighted by Gasteiger charge is -2.10. The summed E-state index contributed by atoms with van der Waals surface area (Å²) in [6.45, 7) is 3.03. The van der Waals surface area contributed by atoms with E-state index in [4.69, 9.17) is 9.05 Å². The third kappa shape index (κ3) is 7.07. The van der Waals surface area contributed by atoms with Gasteiger partial charge < -0.3 is 9.05 Å². The minimum absolute atomic E-state index is 0.656. The van der Waals surface area contributed by atoms with Crippen LogP contribution in [-0.2, 0) is 9.05 Å². The van der Waals surface area contributed by atoms with Crippen molar-refractivity contribution in [1.82, 2.24) is 0 Å². The summed E-state index contributed by atoms with van der Waals surface area (Å²) in [7, 11) is 1.04. The molecule has 2 nitrogen and oxygen atoms in total. The molecule has 1 unspecified atom stereocenters. The summed E-state index contributed by atoms with van der Waals surface area (Å²) in [5, 5.41) is 0. The Hall–Kier alpha value is 0.700. The van der Waals surface area contributed by atoms with E-state index < -0.39 is 7.58 Å². The van der Waals surface area contributed by atoms with Crippen LogP contribution in [0.25, 0.3) is 0 Å². The zero-order valence-corrected chi connectivity index (χ0v) is 9.21. The maximum atomic E-state index is 5.45. The first kappa shape index (κ1) is 11.7. The van der Waals surface area contributed by atoms with Crippen LogP contribution in [0.3, 0.4) is 0 Å². The highest BCUT2D eigenvalue weighted by Crippen LogP contribution is 2.49. The molecule has 1 atom stereocenters. The highest BCUT2D eigenvalue weighted by atomic mass is 32.7. The van der Waals surface area contributed by atoms with E-state index in [-0.39, 0.29) is 0 Å². The Morgan fingerprint density at radius 2 is 2.09 bits per heavy atom. The minimum Gasteiger partial charge on any atom is -0.329 e. The second-order valence-electron chi connectivity index (χ2n) is 2.13. The van der Waals surface area contributed by atoms with Gasteiger partial charge in [0.15, 0.2) is 0 Å². The van der Waals surface area contributed by atoms with Crippen LogP contribution in [0.2, 0.25) is 0 Å². The van der Waals surface area contributed by atoms with Crippen LogP contribution in [0, 0.1) is 0 Å². The number of hydrogen-bond donors (Lipinski definition) is 0. The fourth-order valence-corrected chi connectivity index (χ4v) is 2.30. The SMILES string of the molecule is CCCCCOP(OC)SC. The molecule has 0 aliphatic rings. The van der Waals surface area contributed by atoms with Crippen LogP contribution in [-0.4, -0.2) is 20.0 Å². The molecule has 0 heterocycles. The lowest BCUT2D eigenvalue weighted by Crippen LogP contribution is -1.88. The second-order valence-corrected chi connectivity index (χ2v) is 5.55. The van der Waals surface area contributed by atoms with Crippen molar-refractivity contribution in [3.63, 3.8) is 0 Å². The first-order valence-corrected chi connectivity index (χ1v) is 6.87. The van der Waals surface area contributed by atoms with E-state index in [0.717, 1.165) is 13.0 Å². The topological polar surface area (TPSA) is 18.5 Å². The zero-order valence-electron chi connectivity index (χ0n) is 7.50. The van der Waals surface area contributed by atoms with Crippen molar-refractivity contribution < 1.29 is 9.05 Å². The fourth-order valence-electron chi connectivity index (χ4n) is 0.671. The summed E-state index contributed by atoms with van der Waals surface area (Å²) >= 11 is 1.65. The fraction of sp³-hybridized carbons (Fsp3) is 1.00. The molecule has 0 radical (unpaired) electrons. The molecule has 0 saturated carbocycles. The van der Waals surface area contributed by atoms with Crippen molar-refractivity contribution in [2.24, 2.45) is 0 Å². The van der Waals surface area contributed by atoms with Gasteiger partial charge in [0.25, 0.3) is 0 Å². The second kappa shape index (κ2) is 8.79. The van der Waals surface area contributed by atoms with E-state index in [1.54, 1.807) is 18.5 Å². The van der Waals surface area contributed by atoms with Gasteiger partial charge in [0.1, 0.15) is 0 Å². The molecule has 0 rings (SSSR count). The summed E-state index contributed by atoms with van der Waals surface area (Å²) < 4.78 is 10.5. The smallest absolute Gasteiger partial charge is 0.237 e. The third-order valence-corrected chi connectivity index (χ3v) is 3.89. The molecule has 0 fully saturated rings. The average molecular weight is 196 g/mol. The maximum Gasteiger partial charge on any atom is 0.237 e. The van der Waals surface area contributed by atoms with E-state index in [2.05, 4.69) is 6.92 Å². The lowest BCUT2D eigenvalue weighted by molar-refractivity contribution is 0.289. The van der Waals surface area contributed by atoms with Crippen molar-refractivity contribution in [2.75, 3.05) is 20.0 Å². The summed E-state index contributed by atoms with van der Waals surface area (Å²) in [4.78, 5) is 0. The van der Waals surface area contributed by atoms with Crippen LogP contribution in [0.15, 0.2) is 0 Å². The Bertz CT molecular complexity index is 78.8. The Kier molecular flexibility index (Phi) is 9.35. The van der Waals surface area contributed by atoms with Crippen LogP contribution < -0.4 is 0 Å². The molecule has 0 aliphatic heterocycles. The van der Waals surface area contributed by atoms with Crippen LogP contribution in [0.5, 0.6) is 0 Å². The molecule has 11 heavy (non-hydrogen) atoms. The molecular formula is C7H17O2PS. The highest BCUT2D eigenvalue weighted by molar-refractivity contribution is 8.52. The van der Waals surface area contributed by atoms with Crippen molar-refractivity contribution >= 4 is 19.0 Å². The standard InChI is InChI=1S/C7H17O2PS/c1-4-5-6-7-9-10(8-2)11-3/h4-7H2,1-3H3. The van der Waals surface area contributed by atoms with Gasteiger partial charge in [-0.25, -0.2) is 0 Å². The van der Waals surface area contributed by atoms with Crippen molar-refractivity contribution in [3.8, 4) is 0 Å². The summed E-state index contributed by atoms with van der Waals surface area (Å²) in [6, 6.07) is 0. The third-order valence-electron chi connectivity index (χ3n) is 1.24. The van der Waals surface area contributed by atoms with E-state index in [9.17, 15) is 0 Å². The molecule has 0 bridgehead atoms. The Labute approximate surface area is 74.7 Å². The number of rotatable bonds is 7. The zero-order chi connectivity index (χ0) is 8.53. The molecule has 0 saturated heterocycles. The first-order chi connectivity index (χ1) is 5.35. The normalized spacial score (nSPS) is 13.4. The van der Waals surface area contributed by atoms with Gasteiger partial charge in [0.2, 0.25) is 7.58 Å². The first-order valence-electron chi connectivity index (χ1n) is 3.86. The molecule has 68 valence electrons. The average Bonchev–Trinajstić information content (AvgIpc) is 2.05. The number of hydrogen-bond acceptors (Lipinski definition) is 3.